The van der Waals surface area contributed by atoms with Gasteiger partial charge in [0.2, 0.25) is 0 Å². The molecule has 2 aromatic carbocycles. The number of aliphatic hydroxyl groups excluding tert-OH is 6. The van der Waals surface area contributed by atoms with Gasteiger partial charge < -0.3 is 69.9 Å². The van der Waals surface area contributed by atoms with Gasteiger partial charge in [0, 0.05) is 44.2 Å². The number of halogens is 6. The molecule has 6 aromatic heterocycles. The van der Waals surface area contributed by atoms with Crippen molar-refractivity contribution in [3.63, 3.8) is 0 Å². The van der Waals surface area contributed by atoms with Crippen molar-refractivity contribution >= 4 is 35.1 Å². The minimum absolute atomic E-state index is 0. The molecule has 4 aliphatic rings. The van der Waals surface area contributed by atoms with Gasteiger partial charge in [0.05, 0.1) is 92.8 Å². The maximum atomic E-state index is 13.9. The number of ketones is 1. The van der Waals surface area contributed by atoms with E-state index < -0.39 is 142 Å². The van der Waals surface area contributed by atoms with Crippen molar-refractivity contribution in [2.75, 3.05) is 66.7 Å². The number of carbonyl (C=O) groups is 1. The van der Waals surface area contributed by atoms with Gasteiger partial charge in [-0.05, 0) is 43.3 Å². The average Bonchev–Trinajstić information content (AvgIpc) is 1.59. The van der Waals surface area contributed by atoms with Crippen LogP contribution in [0.15, 0.2) is 73.6 Å². The fourth-order valence-corrected chi connectivity index (χ4v) is 14.0. The van der Waals surface area contributed by atoms with E-state index in [4.69, 9.17) is 39.3 Å². The fourth-order valence-electron chi connectivity index (χ4n) is 11.0. The van der Waals surface area contributed by atoms with Crippen molar-refractivity contribution in [1.82, 2.24) is 79.9 Å². The minimum Gasteiger partial charge on any atom is -0.857 e. The van der Waals surface area contributed by atoms with Gasteiger partial charge in [0.1, 0.15) is 106 Å². The van der Waals surface area contributed by atoms with Crippen LogP contribution in [-0.4, -0.2) is 248 Å². The van der Waals surface area contributed by atoms with Crippen LogP contribution in [-0.2, 0) is 39.6 Å². The number of nitrogens with two attached hydrogens (primary N) is 1. The maximum absolute atomic E-state index is 13.9. The molecule has 96 heavy (non-hydrogen) atoms. The maximum Gasteiger partial charge on any atom is 1.00 e. The van der Waals surface area contributed by atoms with Gasteiger partial charge in [-0.1, -0.05) is 20.9 Å². The monoisotopic (exact) mass is 1400 g/mol. The number of carbonyl (C=O) groups excluding carboxylic acids is 1. The minimum atomic E-state index is -1.62. The van der Waals surface area contributed by atoms with Gasteiger partial charge in [0.25, 0.3) is 0 Å². The van der Waals surface area contributed by atoms with Crippen molar-refractivity contribution in [2.45, 2.75) is 108 Å². The van der Waals surface area contributed by atoms with Crippen LogP contribution in [0.2, 0.25) is 0 Å². The van der Waals surface area contributed by atoms with Crippen molar-refractivity contribution in [3.05, 3.63) is 114 Å². The van der Waals surface area contributed by atoms with Crippen molar-refractivity contribution in [1.29, 1.82) is 0 Å². The number of nitrogens with zero attached hydrogens (tertiary/aromatic N) is 16. The summed E-state index contributed by atoms with van der Waals surface area (Å²) < 4.78 is 123. The third kappa shape index (κ3) is 16.1. The van der Waals surface area contributed by atoms with Crippen LogP contribution in [0.4, 0.5) is 32.2 Å². The van der Waals surface area contributed by atoms with Gasteiger partial charge in [-0.2, -0.15) is 7.11 Å². The predicted octanol–water partition coefficient (Wildman–Crippen LogP) is -2.75. The first-order valence-corrected chi connectivity index (χ1v) is 30.7. The number of aromatic nitrogens is 16. The number of hydrogen-bond donors (Lipinski definition) is 7. The number of anilines is 1. The summed E-state index contributed by atoms with van der Waals surface area (Å²) in [7, 11) is 3.51. The van der Waals surface area contributed by atoms with Crippen LogP contribution >= 0.6 is 23.5 Å². The molecule has 4 saturated heterocycles. The Kier molecular flexibility index (Phi) is 25.2. The summed E-state index contributed by atoms with van der Waals surface area (Å²) in [5.41, 5.74) is 5.03. The Bertz CT molecular complexity index is 3870. The molecule has 40 heteroatoms. The summed E-state index contributed by atoms with van der Waals surface area (Å²) in [5, 5.41) is 105. The second-order valence-electron chi connectivity index (χ2n) is 21.8. The first-order chi connectivity index (χ1) is 45.7. The van der Waals surface area contributed by atoms with Crippen LogP contribution in [0, 0.1) is 34.9 Å². The molecule has 0 aliphatic carbocycles. The zero-order valence-electron chi connectivity index (χ0n) is 51.4. The summed E-state index contributed by atoms with van der Waals surface area (Å²) in [4.78, 5) is 28.4. The van der Waals surface area contributed by atoms with Crippen molar-refractivity contribution < 1.29 is 125 Å². The normalized spacial score (nSPS) is 27.4. The molecule has 12 rings (SSSR count). The van der Waals surface area contributed by atoms with Gasteiger partial charge in [-0.15, -0.1) is 43.9 Å². The Morgan fingerprint density at radius 3 is 1.38 bits per heavy atom. The largest absolute Gasteiger partial charge is 1.00 e. The number of benzene rings is 2. The standard InChI is InChI=1S/C29H31F3N8O7S.C26H28F3N9O6S.CH3O.Na/c1-13(42)5-15-3-4-33-28(34-15)19-9-39(37-36-19)20-11-46-12-22(25(20)43)48-29-27(45-2)24(26(44)21(10-41)47-29)40-8-18(35-38-40)14-6-16(30)23(32)17(31)7-14;1-42-24-21(38-6-14(33-36-38)11-4-12(27)20(29)13(28)5-11)23(41)17(8-39)44-26(24)45-18-10-43-9-16(22(18)40)37-7-15(34-35-37)25-31-3-2-19(30)32-25;1-2;/h3-4,6-9,20-22,24-27,29,41,43-44H,5,10-12H2,1-2H3;2-7,16-18,21-24,26,39-41H,8-10H2,1H3,(H2,30,31,32);1H3;/q;;-1;+1. The molecule has 0 amide bonds. The third-order valence-corrected chi connectivity index (χ3v) is 18.5. The number of Topliss-reactive ketones (excluding diaryl/α,β-unsaturated/α-hetero) is 1. The summed E-state index contributed by atoms with van der Waals surface area (Å²) in [6.45, 7) is 0.798. The average molecular weight is 1400 g/mol. The number of thioether (sulfide) groups is 2. The molecule has 4 fully saturated rings. The number of ether oxygens (including phenoxy) is 6. The van der Waals surface area contributed by atoms with Crippen LogP contribution in [0.3, 0.4) is 0 Å². The molecular formula is C56H62F6N17NaO14S2. The molecule has 510 valence electrons. The number of aliphatic hydroxyl groups is 6. The second kappa shape index (κ2) is 32.8. The summed E-state index contributed by atoms with van der Waals surface area (Å²) in [6, 6.07) is 2.94. The van der Waals surface area contributed by atoms with Gasteiger partial charge in [-0.3, -0.25) is 4.79 Å². The Balaban J connectivity index is 0.000000218. The fraction of sp³-hybridized carbons (Fsp3) is 0.482. The molecule has 31 nitrogen and oxygen atoms in total. The van der Waals surface area contributed by atoms with E-state index in [9.17, 15) is 61.8 Å². The Hall–Kier alpha value is -6.61. The quantitative estimate of drug-likeness (QED) is 0.0260. The van der Waals surface area contributed by atoms with Gasteiger partial charge >= 0.3 is 29.6 Å². The third-order valence-electron chi connectivity index (χ3n) is 15.7. The van der Waals surface area contributed by atoms with Crippen molar-refractivity contribution in [3.8, 4) is 45.6 Å². The molecular weight excluding hydrogens is 1340 g/mol. The molecule has 4 aliphatic heterocycles. The van der Waals surface area contributed by atoms with E-state index in [2.05, 4.69) is 61.2 Å². The smallest absolute Gasteiger partial charge is 0.857 e. The molecule has 16 atom stereocenters. The second-order valence-corrected chi connectivity index (χ2v) is 24.4. The molecule has 16 unspecified atom stereocenters. The van der Waals surface area contributed by atoms with Crippen LogP contribution in [0.1, 0.15) is 36.8 Å². The summed E-state index contributed by atoms with van der Waals surface area (Å²) in [6.07, 6.45) is 0.0940. The zero-order chi connectivity index (χ0) is 67.9. The van der Waals surface area contributed by atoms with Crippen molar-refractivity contribution in [2.24, 2.45) is 0 Å². The molecule has 0 spiro atoms. The van der Waals surface area contributed by atoms with E-state index in [1.807, 2.05) is 0 Å². The summed E-state index contributed by atoms with van der Waals surface area (Å²) >= 11 is 2.32. The van der Waals surface area contributed by atoms with E-state index >= 15 is 0 Å². The SMILES string of the molecule is COC1C(SC2COCC(n3cc(-c4nccc(CC(C)=O)n4)nn3)C2O)OC(CO)C(O)C1n1cc(-c2cc(F)c(F)c(F)c2)nn1.COC1C(SC2COCC(n3cc(-c4nccc(N)n4)nn3)C2O)OC(CO)C(O)C1n1cc(-c2cc(F)c(F)c(F)c2)nn1.C[O-].[Na+]. The van der Waals surface area contributed by atoms with Gasteiger partial charge in [-0.25, -0.2) is 65.0 Å². The molecule has 8 N–H and O–H groups in total. The molecule has 8 aromatic rings. The van der Waals surface area contributed by atoms with Crippen LogP contribution < -0.4 is 40.4 Å². The first kappa shape index (κ1) is 73.6. The van der Waals surface area contributed by atoms with Crippen LogP contribution in [0.5, 0.6) is 0 Å². The molecule has 0 radical (unpaired) electrons. The first-order valence-electron chi connectivity index (χ1n) is 28.8. The molecule has 0 bridgehead atoms. The van der Waals surface area contributed by atoms with E-state index in [-0.39, 0.29) is 108 Å². The van der Waals surface area contributed by atoms with E-state index in [1.54, 1.807) is 18.5 Å². The summed E-state index contributed by atoms with van der Waals surface area (Å²) in [5.74, 6) is -8.11. The molecule has 0 saturated carbocycles. The Morgan fingerprint density at radius 2 is 0.979 bits per heavy atom. The van der Waals surface area contributed by atoms with Gasteiger partial charge in [0.15, 0.2) is 46.6 Å². The van der Waals surface area contributed by atoms with E-state index in [1.165, 1.54) is 70.7 Å². The number of rotatable bonds is 18. The Labute approximate surface area is 570 Å². The Morgan fingerprint density at radius 1 is 0.594 bits per heavy atom. The topological polar surface area (TPSA) is 417 Å². The number of hydrogen-bond acceptors (Lipinski definition) is 29. The van der Waals surface area contributed by atoms with E-state index in [0.29, 0.717) is 17.1 Å². The van der Waals surface area contributed by atoms with E-state index in [0.717, 1.165) is 54.9 Å². The van der Waals surface area contributed by atoms with Crippen LogP contribution in [0.25, 0.3) is 45.6 Å². The molecule has 10 heterocycles. The predicted molar refractivity (Wildman–Crippen MR) is 315 cm³/mol. The number of nitrogen functional groups attached to an aromatic ring is 1. The number of methoxy groups -OCH3 is 2. The zero-order valence-corrected chi connectivity index (χ0v) is 55.0.